The van der Waals surface area contributed by atoms with E-state index in [9.17, 15) is 30.3 Å². The molecule has 1 N–H and O–H groups in total. The minimum Gasteiger partial charge on any atom is -0.291 e. The molecule has 1 heterocycles. The molecule has 0 aromatic carbocycles. The van der Waals surface area contributed by atoms with Crippen molar-refractivity contribution >= 4 is 21.8 Å². The second-order valence-corrected chi connectivity index (χ2v) is 2.87. The summed E-state index contributed by atoms with van der Waals surface area (Å²) in [6, 6.07) is 0. The van der Waals surface area contributed by atoms with E-state index in [1.807, 2.05) is 0 Å². The second kappa shape index (κ2) is 4.32. The Bertz CT molecular complexity index is 336. The van der Waals surface area contributed by atoms with Gasteiger partial charge in [-0.25, -0.2) is 10.1 Å². The van der Waals surface area contributed by atoms with Crippen molar-refractivity contribution in [3.8, 4) is 0 Å². The first-order valence-electron chi connectivity index (χ1n) is 3.87. The number of nitrogens with zero attached hydrogens (tertiary/aromatic N) is 5. The maximum Gasteiger partial charge on any atom is 0.810 e. The summed E-state index contributed by atoms with van der Waals surface area (Å²) in [4.78, 5) is 29.5. The van der Waals surface area contributed by atoms with Crippen molar-refractivity contribution in [2.75, 3.05) is 7.05 Å². The Hall–Kier alpha value is -1.89. The third-order valence-electron chi connectivity index (χ3n) is 1.86. The Morgan fingerprint density at radius 1 is 1.19 bits per heavy atom. The van der Waals surface area contributed by atoms with Crippen LogP contribution in [0, 0.1) is 30.3 Å². The van der Waals surface area contributed by atoms with Gasteiger partial charge in [0.1, 0.15) is 5.03 Å². The molecule has 1 saturated heterocycles. The lowest BCUT2D eigenvalue weighted by molar-refractivity contribution is -0.625. The average Bonchev–Trinajstić information content (AvgIpc) is 2.15. The van der Waals surface area contributed by atoms with Crippen LogP contribution in [0.5, 0.6) is 0 Å². The summed E-state index contributed by atoms with van der Waals surface area (Å²) < 4.78 is 0.850. The molecule has 1 aliphatic heterocycles. The molecule has 1 radical (unpaired) electrons. The van der Waals surface area contributed by atoms with Crippen molar-refractivity contribution in [3.05, 3.63) is 30.3 Å². The van der Waals surface area contributed by atoms with E-state index in [2.05, 4.69) is 5.14 Å². The monoisotopic (exact) mass is 229 g/mol. The van der Waals surface area contributed by atoms with E-state index in [0.29, 0.717) is 0 Å². The zero-order chi connectivity index (χ0) is 12.5. The molecule has 0 unspecified atom stereocenters. The third-order valence-corrected chi connectivity index (χ3v) is 1.86. The number of hydrazine groups is 1. The molecule has 0 aliphatic carbocycles. The summed E-state index contributed by atoms with van der Waals surface area (Å²) in [5.74, 6) is 0. The van der Waals surface area contributed by atoms with Crippen LogP contribution < -0.4 is 5.14 Å². The van der Waals surface area contributed by atoms with Crippen LogP contribution in [-0.4, -0.2) is 53.1 Å². The van der Waals surface area contributed by atoms with Gasteiger partial charge in [0.15, 0.2) is 0 Å². The van der Waals surface area contributed by atoms with Crippen molar-refractivity contribution in [2.45, 2.75) is 0 Å². The van der Waals surface area contributed by atoms with Crippen LogP contribution >= 0.6 is 0 Å². The fourth-order valence-electron chi connectivity index (χ4n) is 1.22. The van der Waals surface area contributed by atoms with Gasteiger partial charge in [-0.05, 0) is 21.5 Å². The molecule has 12 nitrogen and oxygen atoms in total. The second-order valence-electron chi connectivity index (χ2n) is 2.87. The highest BCUT2D eigenvalue weighted by molar-refractivity contribution is 6.74. The quantitative estimate of drug-likeness (QED) is 0.304. The normalized spacial score (nSPS) is 16.9. The summed E-state index contributed by atoms with van der Waals surface area (Å²) in [5.41, 5.74) is 0. The van der Waals surface area contributed by atoms with Gasteiger partial charge in [-0.15, -0.1) is 0 Å². The predicted octanol–water partition coefficient (Wildman–Crippen LogP) is -2.93. The number of nitrogens with one attached hydrogen (secondary N) is 1. The van der Waals surface area contributed by atoms with Gasteiger partial charge in [0.25, 0.3) is 0 Å². The molecular weight excluding hydrogens is 224 g/mol. The molecule has 1 aliphatic rings. The fraction of sp³-hybridized carbons (Fsp3) is 1.00. The summed E-state index contributed by atoms with van der Waals surface area (Å²) in [6.45, 7) is 0. The minimum atomic E-state index is -1.97. The van der Waals surface area contributed by atoms with E-state index in [0.717, 1.165) is 12.3 Å². The molecule has 0 aromatic rings. The summed E-state index contributed by atoms with van der Waals surface area (Å²) in [5, 5.41) is 32.5. The number of hydrogen-bond donors (Lipinski definition) is 1. The molecule has 0 amide bonds. The smallest absolute Gasteiger partial charge is 0.291 e. The predicted molar refractivity (Wildman–Crippen MR) is 51.0 cm³/mol. The number of rotatable bonds is 3. The molecule has 1 fully saturated rings. The minimum absolute atomic E-state index is 0.0833. The Morgan fingerprint density at radius 2 is 1.75 bits per heavy atom. The van der Waals surface area contributed by atoms with Crippen LogP contribution in [0.25, 0.3) is 0 Å². The molecule has 16 heavy (non-hydrogen) atoms. The average molecular weight is 229 g/mol. The highest BCUT2D eigenvalue weighted by Crippen LogP contribution is 2.06. The molecule has 15 heteroatoms. The van der Waals surface area contributed by atoms with Crippen molar-refractivity contribution < 1.29 is 14.7 Å². The first-order chi connectivity index (χ1) is 7.36. The molecule has 0 atom stereocenters. The standard InChI is InChI=1S/CH4B3N6O6/c1-6-2-5-3(8(11)12)7(10(15)16)4(6)9(13)14/h5H,1H3. The van der Waals surface area contributed by atoms with Gasteiger partial charge < -0.3 is 0 Å². The molecule has 0 saturated carbocycles. The van der Waals surface area contributed by atoms with Gasteiger partial charge in [-0.3, -0.25) is 30.1 Å². The Labute approximate surface area is 89.5 Å². The number of nitro groups is 3. The van der Waals surface area contributed by atoms with Gasteiger partial charge in [0.2, 0.25) is 0 Å². The topological polar surface area (TPSA) is 148 Å². The lowest BCUT2D eigenvalue weighted by atomic mass is 9.66. The SMILES string of the molecule is CN1[B]NB([N+](=O)[O-])N([N+](=O)[O-])B1[N+](=O)[O-]. The van der Waals surface area contributed by atoms with Crippen molar-refractivity contribution in [1.29, 1.82) is 0 Å². The van der Waals surface area contributed by atoms with Gasteiger partial charge >= 0.3 is 21.8 Å². The fourth-order valence-corrected chi connectivity index (χ4v) is 1.22. The van der Waals surface area contributed by atoms with Gasteiger partial charge in [0, 0.05) is 0 Å². The van der Waals surface area contributed by atoms with Crippen molar-refractivity contribution in [3.63, 3.8) is 0 Å². The van der Waals surface area contributed by atoms with Gasteiger partial charge in [0.05, 0.1) is 0 Å². The maximum absolute atomic E-state index is 10.6. The molecule has 0 bridgehead atoms. The molecule has 1 rings (SSSR count). The first-order valence-corrected chi connectivity index (χ1v) is 3.87. The molecular formula is CH4B3N6O6. The largest absolute Gasteiger partial charge is 0.810 e. The molecule has 0 aromatic heterocycles. The van der Waals surface area contributed by atoms with E-state index >= 15 is 0 Å². The number of hydrogen-bond acceptors (Lipinski definition) is 8. The van der Waals surface area contributed by atoms with Crippen LogP contribution in [-0.2, 0) is 0 Å². The highest BCUT2D eigenvalue weighted by atomic mass is 16.7. The van der Waals surface area contributed by atoms with Crippen LogP contribution in [0.4, 0.5) is 0 Å². The van der Waals surface area contributed by atoms with Crippen LogP contribution in [0.15, 0.2) is 0 Å². The zero-order valence-corrected chi connectivity index (χ0v) is 7.92. The van der Waals surface area contributed by atoms with E-state index in [1.54, 1.807) is 0 Å². The maximum atomic E-state index is 10.6. The third kappa shape index (κ3) is 2.04. The Morgan fingerprint density at radius 3 is 2.12 bits per heavy atom. The van der Waals surface area contributed by atoms with Crippen LogP contribution in [0.1, 0.15) is 0 Å². The van der Waals surface area contributed by atoms with Gasteiger partial charge in [-0.1, -0.05) is 0 Å². The van der Waals surface area contributed by atoms with Crippen molar-refractivity contribution in [2.24, 2.45) is 0 Å². The lowest BCUT2D eigenvalue weighted by Crippen LogP contribution is -2.77. The van der Waals surface area contributed by atoms with E-state index in [4.69, 9.17) is 0 Å². The summed E-state index contributed by atoms with van der Waals surface area (Å²) in [6.07, 6.45) is 0. The lowest BCUT2D eigenvalue weighted by Gasteiger charge is -2.24. The van der Waals surface area contributed by atoms with Crippen molar-refractivity contribution in [1.82, 2.24) is 14.7 Å². The Kier molecular flexibility index (Phi) is 3.29. The van der Waals surface area contributed by atoms with Gasteiger partial charge in [-0.2, -0.15) is 0 Å². The van der Waals surface area contributed by atoms with E-state index in [1.165, 1.54) is 7.05 Å². The first kappa shape index (κ1) is 12.2. The summed E-state index contributed by atoms with van der Waals surface area (Å²) in [7, 11) is -1.76. The van der Waals surface area contributed by atoms with E-state index in [-0.39, 0.29) is 4.83 Å². The zero-order valence-electron chi connectivity index (χ0n) is 7.92. The highest BCUT2D eigenvalue weighted by Gasteiger charge is 2.69. The van der Waals surface area contributed by atoms with Crippen LogP contribution in [0.2, 0.25) is 0 Å². The molecule has 83 valence electrons. The summed E-state index contributed by atoms with van der Waals surface area (Å²) >= 11 is 0. The Balaban J connectivity index is 3.06. The van der Waals surface area contributed by atoms with Crippen LogP contribution in [0.3, 0.4) is 0 Å². The molecule has 0 spiro atoms. The van der Waals surface area contributed by atoms with E-state index < -0.39 is 28.9 Å².